The highest BCUT2D eigenvalue weighted by Gasteiger charge is 2.38. The van der Waals surface area contributed by atoms with Crippen LogP contribution in [0.15, 0.2) is 29.8 Å². The minimum absolute atomic E-state index is 0.280. The second kappa shape index (κ2) is 5.04. The van der Waals surface area contributed by atoms with E-state index in [4.69, 9.17) is 21.1 Å². The van der Waals surface area contributed by atoms with Crippen molar-refractivity contribution in [2.45, 2.75) is 31.5 Å². The molecule has 0 N–H and O–H groups in total. The smallest absolute Gasteiger partial charge is 0.169 e. The van der Waals surface area contributed by atoms with Crippen molar-refractivity contribution in [1.82, 2.24) is 0 Å². The molecule has 1 aliphatic carbocycles. The van der Waals surface area contributed by atoms with Crippen LogP contribution in [0.5, 0.6) is 0 Å². The summed E-state index contributed by atoms with van der Waals surface area (Å²) in [5.74, 6) is -0.280. The molecule has 0 radical (unpaired) electrons. The molecule has 0 atom stereocenters. The maximum atomic E-state index is 6.17. The van der Waals surface area contributed by atoms with Crippen molar-refractivity contribution < 1.29 is 9.47 Å². The first-order valence-electron chi connectivity index (χ1n) is 6.49. The number of rotatable bonds is 1. The van der Waals surface area contributed by atoms with Gasteiger partial charge in [-0.3, -0.25) is 0 Å². The molecular weight excluding hydrogens is 248 g/mol. The van der Waals surface area contributed by atoms with Crippen LogP contribution >= 0.6 is 11.6 Å². The molecule has 2 nitrogen and oxygen atoms in total. The second-order valence-electron chi connectivity index (χ2n) is 4.93. The van der Waals surface area contributed by atoms with E-state index in [-0.39, 0.29) is 5.79 Å². The first kappa shape index (κ1) is 12.2. The van der Waals surface area contributed by atoms with E-state index in [9.17, 15) is 0 Å². The highest BCUT2D eigenvalue weighted by atomic mass is 35.5. The van der Waals surface area contributed by atoms with Gasteiger partial charge in [0.25, 0.3) is 0 Å². The number of benzene rings is 1. The molecule has 1 saturated carbocycles. The first-order valence-corrected chi connectivity index (χ1v) is 6.87. The van der Waals surface area contributed by atoms with Gasteiger partial charge in [-0.25, -0.2) is 0 Å². The van der Waals surface area contributed by atoms with Gasteiger partial charge in [-0.2, -0.15) is 0 Å². The molecule has 2 fully saturated rings. The standard InChI is InChI=1S/C15H17ClO2/c16-14-4-2-1-3-13(14)11-12-5-7-15(8-6-12)17-9-10-18-15/h1-4,11H,5-10H2. The van der Waals surface area contributed by atoms with Gasteiger partial charge in [0.15, 0.2) is 5.79 Å². The van der Waals surface area contributed by atoms with E-state index in [0.29, 0.717) is 0 Å². The Labute approximate surface area is 113 Å². The minimum Gasteiger partial charge on any atom is -0.348 e. The first-order chi connectivity index (χ1) is 8.77. The quantitative estimate of drug-likeness (QED) is 0.762. The molecule has 96 valence electrons. The lowest BCUT2D eigenvalue weighted by Gasteiger charge is -2.32. The van der Waals surface area contributed by atoms with E-state index >= 15 is 0 Å². The van der Waals surface area contributed by atoms with Gasteiger partial charge in [0.2, 0.25) is 0 Å². The fourth-order valence-corrected chi connectivity index (χ4v) is 2.88. The maximum Gasteiger partial charge on any atom is 0.169 e. The van der Waals surface area contributed by atoms with Crippen LogP contribution < -0.4 is 0 Å². The second-order valence-corrected chi connectivity index (χ2v) is 5.34. The number of allylic oxidation sites excluding steroid dienone is 1. The van der Waals surface area contributed by atoms with Gasteiger partial charge >= 0.3 is 0 Å². The number of hydrogen-bond donors (Lipinski definition) is 0. The average Bonchev–Trinajstić information content (AvgIpc) is 2.84. The van der Waals surface area contributed by atoms with Crippen molar-refractivity contribution in [1.29, 1.82) is 0 Å². The van der Waals surface area contributed by atoms with Crippen LogP contribution in [0.25, 0.3) is 6.08 Å². The van der Waals surface area contributed by atoms with E-state index in [2.05, 4.69) is 12.1 Å². The third kappa shape index (κ3) is 2.46. The lowest BCUT2D eigenvalue weighted by atomic mass is 9.88. The summed E-state index contributed by atoms with van der Waals surface area (Å²) in [6.07, 6.45) is 6.20. The minimum atomic E-state index is -0.280. The third-order valence-corrected chi connectivity index (χ3v) is 4.08. The Morgan fingerprint density at radius 1 is 1.06 bits per heavy atom. The van der Waals surface area contributed by atoms with Gasteiger partial charge < -0.3 is 9.47 Å². The van der Waals surface area contributed by atoms with Gasteiger partial charge in [0.05, 0.1) is 13.2 Å². The summed E-state index contributed by atoms with van der Waals surface area (Å²) in [5.41, 5.74) is 2.55. The van der Waals surface area contributed by atoms with E-state index < -0.39 is 0 Å². The molecule has 0 amide bonds. The molecule has 0 bridgehead atoms. The van der Waals surface area contributed by atoms with E-state index in [1.54, 1.807) is 0 Å². The molecule has 1 saturated heterocycles. The maximum absolute atomic E-state index is 6.17. The van der Waals surface area contributed by atoms with Crippen LogP contribution in [0.4, 0.5) is 0 Å². The predicted octanol–water partition coefficient (Wildman–Crippen LogP) is 4.04. The lowest BCUT2D eigenvalue weighted by molar-refractivity contribution is -0.171. The summed E-state index contributed by atoms with van der Waals surface area (Å²) >= 11 is 6.17. The SMILES string of the molecule is Clc1ccccc1C=C1CCC2(CC1)OCCO2. The zero-order valence-corrected chi connectivity index (χ0v) is 11.1. The van der Waals surface area contributed by atoms with Crippen molar-refractivity contribution in [3.8, 4) is 0 Å². The number of halogens is 1. The molecule has 1 spiro atoms. The van der Waals surface area contributed by atoms with Crippen LogP contribution in [0.3, 0.4) is 0 Å². The highest BCUT2D eigenvalue weighted by Crippen LogP contribution is 2.38. The highest BCUT2D eigenvalue weighted by molar-refractivity contribution is 6.32. The van der Waals surface area contributed by atoms with Crippen LogP contribution in [0.2, 0.25) is 5.02 Å². The van der Waals surface area contributed by atoms with Crippen LogP contribution in [-0.2, 0) is 9.47 Å². The number of hydrogen-bond acceptors (Lipinski definition) is 2. The average molecular weight is 265 g/mol. The van der Waals surface area contributed by atoms with Crippen molar-refractivity contribution in [3.63, 3.8) is 0 Å². The van der Waals surface area contributed by atoms with Gasteiger partial charge in [-0.15, -0.1) is 0 Å². The summed E-state index contributed by atoms with van der Waals surface area (Å²) in [6, 6.07) is 7.97. The Bertz CT molecular complexity index is 449. The van der Waals surface area contributed by atoms with Gasteiger partial charge in [-0.1, -0.05) is 41.4 Å². The zero-order chi connectivity index (χ0) is 12.4. The molecule has 1 aromatic rings. The third-order valence-electron chi connectivity index (χ3n) is 3.73. The Balaban J connectivity index is 1.71. The molecule has 1 heterocycles. The molecule has 2 aliphatic rings. The molecular formula is C15H17ClO2. The summed E-state index contributed by atoms with van der Waals surface area (Å²) in [7, 11) is 0. The summed E-state index contributed by atoms with van der Waals surface area (Å²) in [4.78, 5) is 0. The molecule has 18 heavy (non-hydrogen) atoms. The summed E-state index contributed by atoms with van der Waals surface area (Å²) in [5, 5.41) is 0.818. The lowest BCUT2D eigenvalue weighted by Crippen LogP contribution is -2.33. The summed E-state index contributed by atoms with van der Waals surface area (Å²) < 4.78 is 11.5. The monoisotopic (exact) mass is 264 g/mol. The Hall–Kier alpha value is -0.830. The largest absolute Gasteiger partial charge is 0.348 e. The molecule has 1 aromatic carbocycles. The predicted molar refractivity (Wildman–Crippen MR) is 72.5 cm³/mol. The van der Waals surface area contributed by atoms with Crippen LogP contribution in [0, 0.1) is 0 Å². The fraction of sp³-hybridized carbons (Fsp3) is 0.467. The van der Waals surface area contributed by atoms with Crippen molar-refractivity contribution in [2.24, 2.45) is 0 Å². The van der Waals surface area contributed by atoms with Crippen LogP contribution in [-0.4, -0.2) is 19.0 Å². The normalized spacial score (nSPS) is 22.4. The molecule has 0 unspecified atom stereocenters. The Morgan fingerprint density at radius 3 is 2.39 bits per heavy atom. The Kier molecular flexibility index (Phi) is 3.42. The van der Waals surface area contributed by atoms with Crippen LogP contribution in [0.1, 0.15) is 31.2 Å². The van der Waals surface area contributed by atoms with E-state index in [1.165, 1.54) is 5.57 Å². The fourth-order valence-electron chi connectivity index (χ4n) is 2.69. The zero-order valence-electron chi connectivity index (χ0n) is 10.3. The van der Waals surface area contributed by atoms with Crippen molar-refractivity contribution in [3.05, 3.63) is 40.4 Å². The van der Waals surface area contributed by atoms with Crippen molar-refractivity contribution >= 4 is 17.7 Å². The molecule has 1 aliphatic heterocycles. The van der Waals surface area contributed by atoms with Gasteiger partial charge in [0.1, 0.15) is 0 Å². The van der Waals surface area contributed by atoms with E-state index in [0.717, 1.165) is 49.5 Å². The van der Waals surface area contributed by atoms with E-state index in [1.807, 2.05) is 18.2 Å². The van der Waals surface area contributed by atoms with Crippen molar-refractivity contribution in [2.75, 3.05) is 13.2 Å². The Morgan fingerprint density at radius 2 is 1.72 bits per heavy atom. The summed E-state index contributed by atoms with van der Waals surface area (Å²) in [6.45, 7) is 1.48. The molecule has 0 aromatic heterocycles. The topological polar surface area (TPSA) is 18.5 Å². The number of ether oxygens (including phenoxy) is 2. The van der Waals surface area contributed by atoms with Gasteiger partial charge in [0, 0.05) is 17.9 Å². The molecule has 3 rings (SSSR count). The molecule has 3 heteroatoms. The van der Waals surface area contributed by atoms with Gasteiger partial charge in [-0.05, 0) is 24.5 Å².